The number of hydrogen-bond donors (Lipinski definition) is 1. The highest BCUT2D eigenvalue weighted by Crippen LogP contribution is 2.27. The predicted octanol–water partition coefficient (Wildman–Crippen LogP) is 3.52. The van der Waals surface area contributed by atoms with Gasteiger partial charge in [-0.3, -0.25) is 0 Å². The van der Waals surface area contributed by atoms with Crippen molar-refractivity contribution in [3.8, 4) is 0 Å². The van der Waals surface area contributed by atoms with Crippen LogP contribution < -0.4 is 5.32 Å². The highest BCUT2D eigenvalue weighted by atomic mass is 15.1. The van der Waals surface area contributed by atoms with Crippen molar-refractivity contribution < 1.29 is 0 Å². The molecule has 0 aromatic heterocycles. The van der Waals surface area contributed by atoms with Crippen molar-refractivity contribution in [2.24, 2.45) is 11.3 Å². The van der Waals surface area contributed by atoms with Crippen molar-refractivity contribution in [3.63, 3.8) is 0 Å². The lowest BCUT2D eigenvalue weighted by atomic mass is 9.86. The van der Waals surface area contributed by atoms with E-state index in [-0.39, 0.29) is 0 Å². The van der Waals surface area contributed by atoms with Gasteiger partial charge in [0, 0.05) is 19.6 Å². The molecule has 0 amide bonds. The van der Waals surface area contributed by atoms with Crippen molar-refractivity contribution in [1.82, 2.24) is 10.2 Å². The number of nitrogens with zero attached hydrogens (tertiary/aromatic N) is 1. The van der Waals surface area contributed by atoms with E-state index in [1.807, 2.05) is 0 Å². The Hall–Kier alpha value is -0.0800. The molecule has 1 fully saturated rings. The fourth-order valence-electron chi connectivity index (χ4n) is 3.21. The molecule has 1 rings (SSSR count). The van der Waals surface area contributed by atoms with Crippen LogP contribution in [0.25, 0.3) is 0 Å². The van der Waals surface area contributed by atoms with Gasteiger partial charge in [0.25, 0.3) is 0 Å². The molecule has 0 heterocycles. The summed E-state index contributed by atoms with van der Waals surface area (Å²) in [5.74, 6) is 0.972. The summed E-state index contributed by atoms with van der Waals surface area (Å²) < 4.78 is 0. The summed E-state index contributed by atoms with van der Waals surface area (Å²) in [5.41, 5.74) is 0.433. The van der Waals surface area contributed by atoms with Crippen LogP contribution in [0.2, 0.25) is 0 Å². The predicted molar refractivity (Wildman–Crippen MR) is 81.0 cm³/mol. The smallest absolute Gasteiger partial charge is 0.00444 e. The van der Waals surface area contributed by atoms with Crippen LogP contribution in [-0.4, -0.2) is 38.1 Å². The van der Waals surface area contributed by atoms with E-state index in [4.69, 9.17) is 0 Å². The Bertz CT molecular complexity index is 211. The lowest BCUT2D eigenvalue weighted by Gasteiger charge is -2.34. The maximum absolute atomic E-state index is 3.60. The van der Waals surface area contributed by atoms with Gasteiger partial charge >= 0.3 is 0 Å². The third-order valence-corrected chi connectivity index (χ3v) is 4.53. The normalized spacial score (nSPS) is 20.5. The van der Waals surface area contributed by atoms with Crippen molar-refractivity contribution in [2.45, 2.75) is 59.3 Å². The minimum Gasteiger partial charge on any atom is -0.316 e. The SMILES string of the molecule is CCCNCC(C)(CC)CN(C)CC1CCCC1. The fraction of sp³-hybridized carbons (Fsp3) is 1.00. The molecule has 18 heavy (non-hydrogen) atoms. The lowest BCUT2D eigenvalue weighted by Crippen LogP contribution is -2.42. The van der Waals surface area contributed by atoms with Crippen molar-refractivity contribution in [2.75, 3.05) is 33.2 Å². The molecule has 1 aliphatic carbocycles. The molecule has 0 aromatic rings. The van der Waals surface area contributed by atoms with Gasteiger partial charge in [-0.1, -0.05) is 33.6 Å². The fourth-order valence-corrected chi connectivity index (χ4v) is 3.21. The van der Waals surface area contributed by atoms with Gasteiger partial charge in [0.15, 0.2) is 0 Å². The first-order chi connectivity index (χ1) is 8.59. The Morgan fingerprint density at radius 1 is 1.22 bits per heavy atom. The van der Waals surface area contributed by atoms with Crippen LogP contribution in [0, 0.1) is 11.3 Å². The van der Waals surface area contributed by atoms with Gasteiger partial charge in [-0.2, -0.15) is 0 Å². The van der Waals surface area contributed by atoms with Crippen LogP contribution in [0.4, 0.5) is 0 Å². The van der Waals surface area contributed by atoms with Crippen LogP contribution in [0.5, 0.6) is 0 Å². The Labute approximate surface area is 115 Å². The quantitative estimate of drug-likeness (QED) is 0.633. The molecule has 2 nitrogen and oxygen atoms in total. The molecule has 1 N–H and O–H groups in total. The standard InChI is InChI=1S/C16H34N2/c1-5-11-17-13-16(3,6-2)14-18(4)12-15-9-7-8-10-15/h15,17H,5-14H2,1-4H3. The molecule has 0 saturated heterocycles. The minimum atomic E-state index is 0.433. The monoisotopic (exact) mass is 254 g/mol. The van der Waals surface area contributed by atoms with Crippen LogP contribution in [0.1, 0.15) is 59.3 Å². The minimum absolute atomic E-state index is 0.433. The van der Waals surface area contributed by atoms with E-state index in [9.17, 15) is 0 Å². The summed E-state index contributed by atoms with van der Waals surface area (Å²) in [7, 11) is 2.31. The maximum atomic E-state index is 3.60. The molecule has 1 atom stereocenters. The Balaban J connectivity index is 2.30. The molecule has 2 heteroatoms. The Morgan fingerprint density at radius 3 is 2.44 bits per heavy atom. The second-order valence-corrected chi connectivity index (χ2v) is 6.69. The second kappa shape index (κ2) is 8.16. The van der Waals surface area contributed by atoms with E-state index < -0.39 is 0 Å². The van der Waals surface area contributed by atoms with E-state index >= 15 is 0 Å². The Morgan fingerprint density at radius 2 is 1.89 bits per heavy atom. The number of rotatable bonds is 9. The third-order valence-electron chi connectivity index (χ3n) is 4.53. The molecular weight excluding hydrogens is 220 g/mol. The second-order valence-electron chi connectivity index (χ2n) is 6.69. The van der Waals surface area contributed by atoms with Gasteiger partial charge in [0.1, 0.15) is 0 Å². The largest absolute Gasteiger partial charge is 0.316 e. The molecule has 1 unspecified atom stereocenters. The average Bonchev–Trinajstić information content (AvgIpc) is 2.82. The van der Waals surface area contributed by atoms with E-state index in [0.29, 0.717) is 5.41 Å². The maximum Gasteiger partial charge on any atom is 0.00444 e. The Kier molecular flexibility index (Phi) is 7.25. The van der Waals surface area contributed by atoms with Gasteiger partial charge < -0.3 is 10.2 Å². The van der Waals surface area contributed by atoms with Gasteiger partial charge in [0.05, 0.1) is 0 Å². The van der Waals surface area contributed by atoms with Gasteiger partial charge in [-0.05, 0) is 50.6 Å². The summed E-state index contributed by atoms with van der Waals surface area (Å²) in [6, 6.07) is 0. The molecule has 0 bridgehead atoms. The van der Waals surface area contributed by atoms with Crippen molar-refractivity contribution >= 4 is 0 Å². The molecule has 0 spiro atoms. The highest BCUT2D eigenvalue weighted by molar-refractivity contribution is 4.80. The molecular formula is C16H34N2. The van der Waals surface area contributed by atoms with Gasteiger partial charge in [-0.25, -0.2) is 0 Å². The summed E-state index contributed by atoms with van der Waals surface area (Å²) in [6.45, 7) is 11.9. The molecule has 1 aliphatic rings. The van der Waals surface area contributed by atoms with E-state index in [1.165, 1.54) is 51.6 Å². The first kappa shape index (κ1) is 16.0. The van der Waals surface area contributed by atoms with Crippen LogP contribution in [0.3, 0.4) is 0 Å². The summed E-state index contributed by atoms with van der Waals surface area (Å²) in [6.07, 6.45) is 8.34. The first-order valence-electron chi connectivity index (χ1n) is 7.99. The molecule has 108 valence electrons. The molecule has 0 aromatic carbocycles. The lowest BCUT2D eigenvalue weighted by molar-refractivity contribution is 0.163. The van der Waals surface area contributed by atoms with Crippen LogP contribution >= 0.6 is 0 Å². The van der Waals surface area contributed by atoms with Crippen LogP contribution in [0.15, 0.2) is 0 Å². The summed E-state index contributed by atoms with van der Waals surface area (Å²) in [5, 5.41) is 3.60. The zero-order valence-electron chi connectivity index (χ0n) is 13.1. The molecule has 0 radical (unpaired) electrons. The highest BCUT2D eigenvalue weighted by Gasteiger charge is 2.25. The zero-order valence-corrected chi connectivity index (χ0v) is 13.1. The number of nitrogens with one attached hydrogen (secondary N) is 1. The number of hydrogen-bond acceptors (Lipinski definition) is 2. The van der Waals surface area contributed by atoms with Crippen molar-refractivity contribution in [1.29, 1.82) is 0 Å². The van der Waals surface area contributed by atoms with Crippen LogP contribution in [-0.2, 0) is 0 Å². The first-order valence-corrected chi connectivity index (χ1v) is 7.99. The van der Waals surface area contributed by atoms with Gasteiger partial charge in [0.2, 0.25) is 0 Å². The summed E-state index contributed by atoms with van der Waals surface area (Å²) in [4.78, 5) is 2.58. The molecule has 0 aliphatic heterocycles. The van der Waals surface area contributed by atoms with Crippen molar-refractivity contribution in [3.05, 3.63) is 0 Å². The average molecular weight is 254 g/mol. The topological polar surface area (TPSA) is 15.3 Å². The van der Waals surface area contributed by atoms with E-state index in [2.05, 4.69) is 38.0 Å². The van der Waals surface area contributed by atoms with E-state index in [1.54, 1.807) is 0 Å². The third kappa shape index (κ3) is 5.71. The summed E-state index contributed by atoms with van der Waals surface area (Å²) >= 11 is 0. The van der Waals surface area contributed by atoms with E-state index in [0.717, 1.165) is 19.0 Å². The van der Waals surface area contributed by atoms with Gasteiger partial charge in [-0.15, -0.1) is 0 Å². The molecule has 1 saturated carbocycles. The zero-order chi connectivity index (χ0) is 13.4.